The number of nitrogens with zero attached hydrogens (tertiary/aromatic N) is 2. The standard InChI is InChI=1S/C15H20FN3O/c1-3-18-8-7-15(20)19(4-2)11-13-6-5-12(10-17)9-14(13)16/h5-6,9,18H,3-4,7-8,11H2,1-2H3. The Morgan fingerprint density at radius 1 is 1.45 bits per heavy atom. The molecule has 0 bridgehead atoms. The largest absolute Gasteiger partial charge is 0.339 e. The maximum absolute atomic E-state index is 13.8. The van der Waals surface area contributed by atoms with Crippen LogP contribution in [0.5, 0.6) is 0 Å². The summed E-state index contributed by atoms with van der Waals surface area (Å²) in [5, 5.41) is 11.8. The van der Waals surface area contributed by atoms with Gasteiger partial charge in [-0.3, -0.25) is 4.79 Å². The third-order valence-electron chi connectivity index (χ3n) is 3.04. The van der Waals surface area contributed by atoms with E-state index in [2.05, 4.69) is 5.32 Å². The Morgan fingerprint density at radius 3 is 2.75 bits per heavy atom. The van der Waals surface area contributed by atoms with Crippen LogP contribution in [-0.4, -0.2) is 30.4 Å². The van der Waals surface area contributed by atoms with Gasteiger partial charge in [0.05, 0.1) is 11.6 Å². The molecule has 5 heteroatoms. The van der Waals surface area contributed by atoms with Gasteiger partial charge in [0.25, 0.3) is 0 Å². The molecule has 0 radical (unpaired) electrons. The maximum Gasteiger partial charge on any atom is 0.224 e. The number of nitriles is 1. The van der Waals surface area contributed by atoms with Crippen molar-refractivity contribution in [1.82, 2.24) is 10.2 Å². The van der Waals surface area contributed by atoms with Crippen LogP contribution in [0.4, 0.5) is 4.39 Å². The molecule has 0 aliphatic heterocycles. The van der Waals surface area contributed by atoms with Gasteiger partial charge < -0.3 is 10.2 Å². The Kier molecular flexibility index (Phi) is 6.68. The SMILES string of the molecule is CCNCCC(=O)N(CC)Cc1ccc(C#N)cc1F. The molecule has 1 aromatic carbocycles. The van der Waals surface area contributed by atoms with E-state index in [1.165, 1.54) is 6.07 Å². The second-order valence-electron chi connectivity index (χ2n) is 4.43. The molecule has 1 amide bonds. The normalized spacial score (nSPS) is 10.1. The lowest BCUT2D eigenvalue weighted by molar-refractivity contribution is -0.131. The summed E-state index contributed by atoms with van der Waals surface area (Å²) in [5.41, 5.74) is 0.718. The van der Waals surface area contributed by atoms with E-state index in [1.807, 2.05) is 19.9 Å². The zero-order chi connectivity index (χ0) is 15.0. The maximum atomic E-state index is 13.8. The van der Waals surface area contributed by atoms with Crippen molar-refractivity contribution in [3.8, 4) is 6.07 Å². The second kappa shape index (κ2) is 8.28. The fraction of sp³-hybridized carbons (Fsp3) is 0.467. The predicted octanol–water partition coefficient (Wildman–Crippen LogP) is 2.05. The molecule has 0 fully saturated rings. The topological polar surface area (TPSA) is 56.1 Å². The number of amides is 1. The van der Waals surface area contributed by atoms with Crippen molar-refractivity contribution < 1.29 is 9.18 Å². The number of nitrogens with one attached hydrogen (secondary N) is 1. The summed E-state index contributed by atoms with van der Waals surface area (Å²) >= 11 is 0. The van der Waals surface area contributed by atoms with Gasteiger partial charge in [0.15, 0.2) is 0 Å². The molecular weight excluding hydrogens is 257 g/mol. The van der Waals surface area contributed by atoms with Crippen LogP contribution in [-0.2, 0) is 11.3 Å². The Labute approximate surface area is 119 Å². The van der Waals surface area contributed by atoms with Gasteiger partial charge in [-0.2, -0.15) is 5.26 Å². The van der Waals surface area contributed by atoms with Crippen molar-refractivity contribution in [2.24, 2.45) is 0 Å². The van der Waals surface area contributed by atoms with Gasteiger partial charge in [-0.15, -0.1) is 0 Å². The molecule has 0 saturated heterocycles. The van der Waals surface area contributed by atoms with Crippen LogP contribution < -0.4 is 5.32 Å². The summed E-state index contributed by atoms with van der Waals surface area (Å²) in [7, 11) is 0. The number of benzene rings is 1. The molecule has 0 aliphatic rings. The zero-order valence-electron chi connectivity index (χ0n) is 11.9. The molecule has 0 atom stereocenters. The van der Waals surface area contributed by atoms with Crippen LogP contribution >= 0.6 is 0 Å². The minimum absolute atomic E-state index is 0.00258. The van der Waals surface area contributed by atoms with Crippen molar-refractivity contribution in [1.29, 1.82) is 5.26 Å². The Balaban J connectivity index is 2.68. The molecule has 108 valence electrons. The first-order chi connectivity index (χ1) is 9.62. The number of halogens is 1. The summed E-state index contributed by atoms with van der Waals surface area (Å²) in [6.07, 6.45) is 0.402. The molecule has 1 N–H and O–H groups in total. The van der Waals surface area contributed by atoms with Gasteiger partial charge in [-0.1, -0.05) is 13.0 Å². The van der Waals surface area contributed by atoms with Gasteiger partial charge in [-0.05, 0) is 25.6 Å². The van der Waals surface area contributed by atoms with E-state index in [1.54, 1.807) is 17.0 Å². The molecule has 1 rings (SSSR count). The number of carbonyl (C=O) groups is 1. The van der Waals surface area contributed by atoms with Gasteiger partial charge in [0, 0.05) is 31.6 Å². The van der Waals surface area contributed by atoms with Crippen molar-refractivity contribution in [3.63, 3.8) is 0 Å². The van der Waals surface area contributed by atoms with Crippen LogP contribution in [0.3, 0.4) is 0 Å². The van der Waals surface area contributed by atoms with Crippen LogP contribution in [0, 0.1) is 17.1 Å². The Hall–Kier alpha value is -1.93. The molecule has 4 nitrogen and oxygen atoms in total. The number of hydrogen-bond acceptors (Lipinski definition) is 3. The molecule has 0 aliphatic carbocycles. The first-order valence-corrected chi connectivity index (χ1v) is 6.79. The van der Waals surface area contributed by atoms with E-state index in [0.717, 1.165) is 6.54 Å². The Bertz CT molecular complexity index is 496. The summed E-state index contributed by atoms with van der Waals surface area (Å²) in [6, 6.07) is 6.22. The number of rotatable bonds is 7. The molecule has 1 aromatic rings. The van der Waals surface area contributed by atoms with E-state index in [-0.39, 0.29) is 18.0 Å². The van der Waals surface area contributed by atoms with E-state index < -0.39 is 5.82 Å². The zero-order valence-corrected chi connectivity index (χ0v) is 11.9. The third kappa shape index (κ3) is 4.63. The van der Waals surface area contributed by atoms with Gasteiger partial charge >= 0.3 is 0 Å². The van der Waals surface area contributed by atoms with Gasteiger partial charge in [-0.25, -0.2) is 4.39 Å². The second-order valence-corrected chi connectivity index (χ2v) is 4.43. The summed E-state index contributed by atoms with van der Waals surface area (Å²) in [4.78, 5) is 13.6. The fourth-order valence-corrected chi connectivity index (χ4v) is 1.86. The number of hydrogen-bond donors (Lipinski definition) is 1. The Morgan fingerprint density at radius 2 is 2.20 bits per heavy atom. The molecule has 20 heavy (non-hydrogen) atoms. The molecule has 0 heterocycles. The highest BCUT2D eigenvalue weighted by atomic mass is 19.1. The van der Waals surface area contributed by atoms with E-state index in [9.17, 15) is 9.18 Å². The van der Waals surface area contributed by atoms with Crippen molar-refractivity contribution >= 4 is 5.91 Å². The average molecular weight is 277 g/mol. The smallest absolute Gasteiger partial charge is 0.224 e. The quantitative estimate of drug-likeness (QED) is 0.776. The predicted molar refractivity (Wildman–Crippen MR) is 75.4 cm³/mol. The lowest BCUT2D eigenvalue weighted by atomic mass is 10.1. The van der Waals surface area contributed by atoms with Crippen LogP contribution in [0.25, 0.3) is 0 Å². The molecule has 0 aromatic heterocycles. The lowest BCUT2D eigenvalue weighted by Gasteiger charge is -2.21. The molecule has 0 spiro atoms. The minimum atomic E-state index is -0.443. The van der Waals surface area contributed by atoms with Crippen LogP contribution in [0.1, 0.15) is 31.4 Å². The first-order valence-electron chi connectivity index (χ1n) is 6.79. The number of carbonyl (C=O) groups excluding carboxylic acids is 1. The monoisotopic (exact) mass is 277 g/mol. The highest BCUT2D eigenvalue weighted by Gasteiger charge is 2.14. The molecular formula is C15H20FN3O. The van der Waals surface area contributed by atoms with E-state index >= 15 is 0 Å². The third-order valence-corrected chi connectivity index (χ3v) is 3.04. The van der Waals surface area contributed by atoms with Crippen LogP contribution in [0.2, 0.25) is 0 Å². The summed E-state index contributed by atoms with van der Waals surface area (Å²) in [6.45, 7) is 6.07. The van der Waals surface area contributed by atoms with E-state index in [0.29, 0.717) is 25.1 Å². The first kappa shape index (κ1) is 16.1. The highest BCUT2D eigenvalue weighted by molar-refractivity contribution is 5.76. The average Bonchev–Trinajstić information content (AvgIpc) is 2.46. The van der Waals surface area contributed by atoms with Crippen LogP contribution in [0.15, 0.2) is 18.2 Å². The van der Waals surface area contributed by atoms with Crippen molar-refractivity contribution in [2.45, 2.75) is 26.8 Å². The highest BCUT2D eigenvalue weighted by Crippen LogP contribution is 2.13. The summed E-state index contributed by atoms with van der Waals surface area (Å²) < 4.78 is 13.8. The lowest BCUT2D eigenvalue weighted by Crippen LogP contribution is -2.33. The summed E-state index contributed by atoms with van der Waals surface area (Å²) in [5.74, 6) is -0.445. The van der Waals surface area contributed by atoms with Crippen molar-refractivity contribution in [2.75, 3.05) is 19.6 Å². The van der Waals surface area contributed by atoms with E-state index in [4.69, 9.17) is 5.26 Å². The fourth-order valence-electron chi connectivity index (χ4n) is 1.86. The minimum Gasteiger partial charge on any atom is -0.339 e. The molecule has 0 saturated carbocycles. The molecule has 0 unspecified atom stereocenters. The van der Waals surface area contributed by atoms with Gasteiger partial charge in [0.2, 0.25) is 5.91 Å². The van der Waals surface area contributed by atoms with Gasteiger partial charge in [0.1, 0.15) is 5.82 Å². The van der Waals surface area contributed by atoms with Crippen molar-refractivity contribution in [3.05, 3.63) is 35.1 Å².